The Kier molecular flexibility index (Phi) is 6.84. The second-order valence-electron chi connectivity index (χ2n) is 5.23. The van der Waals surface area contributed by atoms with E-state index in [1.807, 2.05) is 0 Å². The maximum atomic E-state index is 11.9. The molecular formula is C13H22N2O4S. The first-order valence-corrected chi connectivity index (χ1v) is 7.98. The highest BCUT2D eigenvalue weighted by atomic mass is 32.2. The van der Waals surface area contributed by atoms with E-state index < -0.39 is 17.4 Å². The Morgan fingerprint density at radius 2 is 1.85 bits per heavy atom. The summed E-state index contributed by atoms with van der Waals surface area (Å²) in [6.45, 7) is 0. The quantitative estimate of drug-likeness (QED) is 0.577. The molecule has 1 fully saturated rings. The van der Waals surface area contributed by atoms with Crippen LogP contribution < -0.4 is 11.1 Å². The summed E-state index contributed by atoms with van der Waals surface area (Å²) in [7, 11) is 0. The molecule has 2 amide bonds. The lowest BCUT2D eigenvalue weighted by Gasteiger charge is -2.37. The normalized spacial score (nSPS) is 17.4. The maximum absolute atomic E-state index is 11.9. The first-order chi connectivity index (χ1) is 9.43. The van der Waals surface area contributed by atoms with E-state index in [4.69, 9.17) is 10.8 Å². The van der Waals surface area contributed by atoms with E-state index >= 15 is 0 Å². The summed E-state index contributed by atoms with van der Waals surface area (Å²) in [4.78, 5) is 33.5. The second kappa shape index (κ2) is 8.14. The van der Waals surface area contributed by atoms with Gasteiger partial charge >= 0.3 is 5.97 Å². The molecule has 4 N–H and O–H groups in total. The van der Waals surface area contributed by atoms with Crippen molar-refractivity contribution >= 4 is 29.5 Å². The van der Waals surface area contributed by atoms with E-state index in [9.17, 15) is 14.4 Å². The van der Waals surface area contributed by atoms with E-state index in [1.54, 1.807) is 0 Å². The number of carbonyl (C=O) groups is 3. The van der Waals surface area contributed by atoms with Crippen LogP contribution in [0.1, 0.15) is 44.9 Å². The topological polar surface area (TPSA) is 109 Å². The van der Waals surface area contributed by atoms with Crippen LogP contribution in [0.4, 0.5) is 0 Å². The highest BCUT2D eigenvalue weighted by molar-refractivity contribution is 7.99. The summed E-state index contributed by atoms with van der Waals surface area (Å²) < 4.78 is 0. The fourth-order valence-electron chi connectivity index (χ4n) is 2.56. The van der Waals surface area contributed by atoms with Crippen LogP contribution >= 0.6 is 11.8 Å². The zero-order chi connectivity index (χ0) is 15.0. The molecule has 0 saturated heterocycles. The number of thioether (sulfide) groups is 1. The molecule has 0 atom stereocenters. The van der Waals surface area contributed by atoms with Crippen molar-refractivity contribution in [3.05, 3.63) is 0 Å². The van der Waals surface area contributed by atoms with Crippen molar-refractivity contribution in [1.29, 1.82) is 0 Å². The third-order valence-electron chi connectivity index (χ3n) is 3.42. The van der Waals surface area contributed by atoms with Crippen molar-refractivity contribution in [2.24, 2.45) is 5.73 Å². The molecule has 0 radical (unpaired) electrons. The largest absolute Gasteiger partial charge is 0.481 e. The second-order valence-corrected chi connectivity index (χ2v) is 6.33. The molecule has 1 aliphatic carbocycles. The average molecular weight is 302 g/mol. The maximum Gasteiger partial charge on any atom is 0.305 e. The van der Waals surface area contributed by atoms with Crippen molar-refractivity contribution in [3.8, 4) is 0 Å². The van der Waals surface area contributed by atoms with Crippen molar-refractivity contribution in [2.75, 3.05) is 11.5 Å². The summed E-state index contributed by atoms with van der Waals surface area (Å²) in [6.07, 6.45) is 4.69. The van der Waals surface area contributed by atoms with Crippen molar-refractivity contribution in [3.63, 3.8) is 0 Å². The number of rotatable bonds is 8. The molecule has 7 heteroatoms. The Hall–Kier alpha value is -1.24. The van der Waals surface area contributed by atoms with Crippen LogP contribution in [0.25, 0.3) is 0 Å². The van der Waals surface area contributed by atoms with Crippen LogP contribution in [0.2, 0.25) is 0 Å². The lowest BCUT2D eigenvalue weighted by atomic mass is 9.79. The van der Waals surface area contributed by atoms with Gasteiger partial charge in [0.15, 0.2) is 0 Å². The Morgan fingerprint density at radius 3 is 2.40 bits per heavy atom. The molecule has 0 spiro atoms. The van der Waals surface area contributed by atoms with E-state index in [0.717, 1.165) is 32.1 Å². The number of aliphatic carboxylic acids is 1. The fourth-order valence-corrected chi connectivity index (χ4v) is 3.24. The van der Waals surface area contributed by atoms with Gasteiger partial charge in [-0.05, 0) is 12.8 Å². The number of hydrogen-bond acceptors (Lipinski definition) is 4. The Morgan fingerprint density at radius 1 is 1.20 bits per heavy atom. The van der Waals surface area contributed by atoms with Gasteiger partial charge in [0.05, 0.1) is 17.7 Å². The number of hydrogen-bond donors (Lipinski definition) is 3. The smallest absolute Gasteiger partial charge is 0.305 e. The number of carboxylic acid groups (broad SMARTS) is 1. The molecule has 0 unspecified atom stereocenters. The van der Waals surface area contributed by atoms with Crippen LogP contribution in [0, 0.1) is 0 Å². The van der Waals surface area contributed by atoms with Gasteiger partial charge < -0.3 is 16.2 Å². The number of nitrogens with one attached hydrogen (secondary N) is 1. The molecule has 0 aliphatic heterocycles. The predicted octanol–water partition coefficient (Wildman–Crippen LogP) is 0.889. The molecule has 0 aromatic rings. The van der Waals surface area contributed by atoms with Gasteiger partial charge in [-0.2, -0.15) is 11.8 Å². The number of carbonyl (C=O) groups excluding carboxylic acids is 2. The van der Waals surface area contributed by atoms with Crippen molar-refractivity contribution in [1.82, 2.24) is 5.32 Å². The molecule has 0 aromatic heterocycles. The van der Waals surface area contributed by atoms with Gasteiger partial charge in [-0.3, -0.25) is 14.4 Å². The first kappa shape index (κ1) is 16.8. The lowest BCUT2D eigenvalue weighted by molar-refractivity contribution is -0.139. The summed E-state index contributed by atoms with van der Waals surface area (Å²) in [5.74, 6) is -0.712. The number of nitrogens with two attached hydrogens (primary N) is 1. The van der Waals surface area contributed by atoms with Gasteiger partial charge in [0, 0.05) is 12.2 Å². The third kappa shape index (κ3) is 6.27. The van der Waals surface area contributed by atoms with Crippen LogP contribution in [0.15, 0.2) is 0 Å². The monoisotopic (exact) mass is 302 g/mol. The van der Waals surface area contributed by atoms with E-state index in [0.29, 0.717) is 5.75 Å². The molecule has 1 rings (SSSR count). The molecule has 1 saturated carbocycles. The molecule has 114 valence electrons. The van der Waals surface area contributed by atoms with Crippen molar-refractivity contribution < 1.29 is 19.5 Å². The van der Waals surface area contributed by atoms with Gasteiger partial charge in [0.2, 0.25) is 11.8 Å². The summed E-state index contributed by atoms with van der Waals surface area (Å²) in [5.41, 5.74) is 4.42. The van der Waals surface area contributed by atoms with Crippen LogP contribution in [0.3, 0.4) is 0 Å². The molecule has 0 heterocycles. The van der Waals surface area contributed by atoms with E-state index in [-0.39, 0.29) is 24.5 Å². The van der Waals surface area contributed by atoms with Gasteiger partial charge in [-0.25, -0.2) is 0 Å². The van der Waals surface area contributed by atoms with Crippen LogP contribution in [-0.4, -0.2) is 39.9 Å². The third-order valence-corrected chi connectivity index (χ3v) is 4.40. The van der Waals surface area contributed by atoms with Gasteiger partial charge in [-0.1, -0.05) is 19.3 Å². The highest BCUT2D eigenvalue weighted by Gasteiger charge is 2.35. The minimum absolute atomic E-state index is 0.0207. The zero-order valence-corrected chi connectivity index (χ0v) is 12.3. The molecule has 6 nitrogen and oxygen atoms in total. The summed E-state index contributed by atoms with van der Waals surface area (Å²) >= 11 is 1.31. The van der Waals surface area contributed by atoms with Crippen LogP contribution in [0.5, 0.6) is 0 Å². The summed E-state index contributed by atoms with van der Waals surface area (Å²) in [5, 5.41) is 11.9. The number of amides is 2. The molecule has 0 aromatic carbocycles. The standard InChI is InChI=1S/C13H22N2O4S/c14-10(16)9-20-7-4-11(17)15-13(8-12(18)19)5-2-1-3-6-13/h1-9H2,(H2,14,16)(H,15,17)(H,18,19). The van der Waals surface area contributed by atoms with E-state index in [1.165, 1.54) is 11.8 Å². The van der Waals surface area contributed by atoms with Crippen molar-refractivity contribution in [2.45, 2.75) is 50.5 Å². The molecule has 20 heavy (non-hydrogen) atoms. The number of primary amides is 1. The Labute approximate surface area is 122 Å². The fraction of sp³-hybridized carbons (Fsp3) is 0.769. The summed E-state index contributed by atoms with van der Waals surface area (Å²) in [6, 6.07) is 0. The minimum atomic E-state index is -0.879. The highest BCUT2D eigenvalue weighted by Crippen LogP contribution is 2.31. The molecular weight excluding hydrogens is 280 g/mol. The average Bonchev–Trinajstić information content (AvgIpc) is 2.34. The zero-order valence-electron chi connectivity index (χ0n) is 11.5. The SMILES string of the molecule is NC(=O)CSCCC(=O)NC1(CC(=O)O)CCCCC1. The van der Waals surface area contributed by atoms with Crippen LogP contribution in [-0.2, 0) is 14.4 Å². The Bertz CT molecular complexity index is 367. The van der Waals surface area contributed by atoms with Gasteiger partial charge in [0.25, 0.3) is 0 Å². The minimum Gasteiger partial charge on any atom is -0.481 e. The van der Waals surface area contributed by atoms with E-state index in [2.05, 4.69) is 5.32 Å². The molecule has 1 aliphatic rings. The lowest BCUT2D eigenvalue weighted by Crippen LogP contribution is -2.51. The molecule has 0 bridgehead atoms. The van der Waals surface area contributed by atoms with Gasteiger partial charge in [-0.15, -0.1) is 0 Å². The first-order valence-electron chi connectivity index (χ1n) is 6.82. The number of carboxylic acids is 1. The van der Waals surface area contributed by atoms with Gasteiger partial charge in [0.1, 0.15) is 0 Å². The Balaban J connectivity index is 2.41. The predicted molar refractivity (Wildman–Crippen MR) is 77.3 cm³/mol.